The molecular formula is C14H21N4O3S+. The van der Waals surface area contributed by atoms with Crippen LogP contribution in [0.25, 0.3) is 6.08 Å². The predicted octanol–water partition coefficient (Wildman–Crippen LogP) is 0.979. The minimum Gasteiger partial charge on any atom is -0.469 e. The van der Waals surface area contributed by atoms with Crippen molar-refractivity contribution in [1.29, 1.82) is 0 Å². The average Bonchev–Trinajstić information content (AvgIpc) is 2.94. The molecule has 1 atom stereocenters. The Hall–Kier alpha value is -1.67. The number of aromatic nitrogens is 3. The second-order valence-electron chi connectivity index (χ2n) is 5.02. The fraction of sp³-hybridized carbons (Fsp3) is 0.571. The number of hydrogen-bond donors (Lipinski definition) is 1. The number of hydrogen-bond acceptors (Lipinski definition) is 7. The van der Waals surface area contributed by atoms with Gasteiger partial charge in [-0.1, -0.05) is 17.0 Å². The number of nitrogens with zero attached hydrogens (tertiary/aromatic N) is 3. The third-order valence-corrected chi connectivity index (χ3v) is 4.45. The van der Waals surface area contributed by atoms with Crippen LogP contribution < -0.4 is 5.32 Å². The number of rotatable bonds is 5. The smallest absolute Gasteiger partial charge is 0.469 e. The number of piperidine rings is 1. The minimum absolute atomic E-state index is 0. The number of aryl methyl sites for hydroxylation is 1. The van der Waals surface area contributed by atoms with Gasteiger partial charge in [0.2, 0.25) is 0 Å². The van der Waals surface area contributed by atoms with Gasteiger partial charge in [0.1, 0.15) is 5.69 Å². The van der Waals surface area contributed by atoms with E-state index < -0.39 is 0 Å². The summed E-state index contributed by atoms with van der Waals surface area (Å²) in [6.07, 6.45) is 4.95. The highest BCUT2D eigenvalue weighted by Crippen LogP contribution is 2.26. The first-order chi connectivity index (χ1) is 10.6. The van der Waals surface area contributed by atoms with Crippen LogP contribution in [0.3, 0.4) is 0 Å². The number of ether oxygens (including phenoxy) is 1. The van der Waals surface area contributed by atoms with Crippen LogP contribution in [0.5, 0.6) is 0 Å². The van der Waals surface area contributed by atoms with E-state index >= 15 is 0 Å². The highest BCUT2D eigenvalue weighted by molar-refractivity contribution is 8.14. The molecule has 2 rings (SSSR count). The fourth-order valence-electron chi connectivity index (χ4n) is 2.23. The number of methoxy groups -OCH3 is 1. The van der Waals surface area contributed by atoms with Gasteiger partial charge in [0.15, 0.2) is 5.12 Å². The average molecular weight is 325 g/mol. The van der Waals surface area contributed by atoms with Crippen LogP contribution in [0, 0.1) is 0 Å². The second kappa shape index (κ2) is 8.09. The van der Waals surface area contributed by atoms with Gasteiger partial charge in [0.25, 0.3) is 0 Å². The zero-order valence-electron chi connectivity index (χ0n) is 13.7. The summed E-state index contributed by atoms with van der Waals surface area (Å²) < 4.78 is 6.21. The molecule has 0 aromatic carbocycles. The molecule has 120 valence electrons. The van der Waals surface area contributed by atoms with Gasteiger partial charge in [0.05, 0.1) is 26.3 Å². The Morgan fingerprint density at radius 2 is 2.45 bits per heavy atom. The molecule has 1 fully saturated rings. The van der Waals surface area contributed by atoms with Crippen LogP contribution in [-0.4, -0.2) is 51.5 Å². The maximum Gasteiger partial charge on any atom is 1.00 e. The molecule has 1 unspecified atom stereocenters. The van der Waals surface area contributed by atoms with E-state index in [2.05, 4.69) is 20.4 Å². The van der Waals surface area contributed by atoms with Crippen molar-refractivity contribution >= 4 is 28.9 Å². The zero-order chi connectivity index (χ0) is 15.9. The molecule has 0 amide bonds. The van der Waals surface area contributed by atoms with Crippen LogP contribution in [0.2, 0.25) is 0 Å². The SMILES string of the molecule is COC(=O)CCn1cc(/C=C2\CNCCC2SC(C)=O)nn1.[H+]. The maximum atomic E-state index is 11.3. The molecule has 0 bridgehead atoms. The summed E-state index contributed by atoms with van der Waals surface area (Å²) in [6, 6.07) is 0. The first kappa shape index (κ1) is 16.7. The van der Waals surface area contributed by atoms with Crippen LogP contribution in [-0.2, 0) is 20.9 Å². The van der Waals surface area contributed by atoms with Gasteiger partial charge in [-0.3, -0.25) is 14.3 Å². The summed E-state index contributed by atoms with van der Waals surface area (Å²) in [5.74, 6) is -0.273. The Balaban J connectivity index is 0.00000264. The lowest BCUT2D eigenvalue weighted by Crippen LogP contribution is -2.32. The maximum absolute atomic E-state index is 11.3. The van der Waals surface area contributed by atoms with E-state index in [1.165, 1.54) is 18.9 Å². The van der Waals surface area contributed by atoms with Crippen molar-refractivity contribution in [3.63, 3.8) is 0 Å². The van der Waals surface area contributed by atoms with E-state index in [9.17, 15) is 9.59 Å². The summed E-state index contributed by atoms with van der Waals surface area (Å²) in [6.45, 7) is 3.69. The van der Waals surface area contributed by atoms with E-state index in [-0.39, 0.29) is 24.2 Å². The van der Waals surface area contributed by atoms with Crippen LogP contribution in [0.1, 0.15) is 26.9 Å². The predicted molar refractivity (Wildman–Crippen MR) is 85.3 cm³/mol. The first-order valence-electron chi connectivity index (χ1n) is 7.14. The highest BCUT2D eigenvalue weighted by atomic mass is 32.2. The van der Waals surface area contributed by atoms with Crippen molar-refractivity contribution in [3.8, 4) is 0 Å². The largest absolute Gasteiger partial charge is 1.00 e. The number of carbonyl (C=O) groups excluding carboxylic acids is 2. The van der Waals surface area contributed by atoms with Crippen molar-refractivity contribution in [1.82, 2.24) is 20.3 Å². The molecule has 0 radical (unpaired) electrons. The molecule has 1 aliphatic rings. The van der Waals surface area contributed by atoms with Gasteiger partial charge in [-0.05, 0) is 24.6 Å². The number of nitrogens with one attached hydrogen (secondary N) is 1. The van der Waals surface area contributed by atoms with Crippen LogP contribution in [0.4, 0.5) is 0 Å². The quantitative estimate of drug-likeness (QED) is 0.808. The molecule has 1 aliphatic heterocycles. The molecule has 1 saturated heterocycles. The molecule has 7 nitrogen and oxygen atoms in total. The summed E-state index contributed by atoms with van der Waals surface area (Å²) in [5, 5.41) is 11.7. The number of carbonyl (C=O) groups is 2. The van der Waals surface area contributed by atoms with Crippen LogP contribution >= 0.6 is 11.8 Å². The van der Waals surface area contributed by atoms with Gasteiger partial charge in [-0.15, -0.1) is 5.10 Å². The van der Waals surface area contributed by atoms with Gasteiger partial charge < -0.3 is 10.1 Å². The van der Waals surface area contributed by atoms with Crippen molar-refractivity contribution in [2.75, 3.05) is 20.2 Å². The fourth-order valence-corrected chi connectivity index (χ4v) is 3.17. The Labute approximate surface area is 135 Å². The molecule has 0 saturated carbocycles. The van der Waals surface area contributed by atoms with Crippen molar-refractivity contribution in [2.45, 2.75) is 31.6 Å². The molecule has 2 heterocycles. The number of esters is 1. The molecule has 1 N–H and O–H groups in total. The Kier molecular flexibility index (Phi) is 6.14. The van der Waals surface area contributed by atoms with Gasteiger partial charge in [0, 0.05) is 18.7 Å². The summed E-state index contributed by atoms with van der Waals surface area (Å²) >= 11 is 1.36. The standard InChI is InChI=1S/C14H20N4O3S/c1-10(19)22-13-3-5-15-8-11(13)7-12-9-18(17-16-12)6-4-14(20)21-2/h7,9,13,15H,3-6,8H2,1-2H3/p+1/b11-7+. The Bertz CT molecular complexity index is 576. The lowest BCUT2D eigenvalue weighted by Gasteiger charge is -2.24. The van der Waals surface area contributed by atoms with Crippen molar-refractivity contribution < 1.29 is 15.8 Å². The molecule has 0 aliphatic carbocycles. The van der Waals surface area contributed by atoms with E-state index in [1.807, 2.05) is 6.08 Å². The topological polar surface area (TPSA) is 86.1 Å². The zero-order valence-corrected chi connectivity index (χ0v) is 13.6. The van der Waals surface area contributed by atoms with Crippen LogP contribution in [0.15, 0.2) is 11.8 Å². The third-order valence-electron chi connectivity index (χ3n) is 3.30. The number of thioether (sulfide) groups is 1. The van der Waals surface area contributed by atoms with Gasteiger partial charge >= 0.3 is 7.40 Å². The van der Waals surface area contributed by atoms with E-state index in [1.54, 1.807) is 17.8 Å². The monoisotopic (exact) mass is 325 g/mol. The van der Waals surface area contributed by atoms with Gasteiger partial charge in [-0.2, -0.15) is 0 Å². The third kappa shape index (κ3) is 4.96. The minimum atomic E-state index is -0.273. The molecule has 1 aromatic heterocycles. The lowest BCUT2D eigenvalue weighted by molar-refractivity contribution is -0.140. The highest BCUT2D eigenvalue weighted by Gasteiger charge is 2.21. The van der Waals surface area contributed by atoms with E-state index in [0.717, 1.165) is 30.8 Å². The summed E-state index contributed by atoms with van der Waals surface area (Å²) in [7, 11) is 1.36. The molecule has 8 heteroatoms. The molecule has 1 aromatic rings. The van der Waals surface area contributed by atoms with Crippen molar-refractivity contribution in [2.24, 2.45) is 0 Å². The van der Waals surface area contributed by atoms with Gasteiger partial charge in [-0.25, -0.2) is 0 Å². The first-order valence-corrected chi connectivity index (χ1v) is 8.02. The molecular weight excluding hydrogens is 304 g/mol. The summed E-state index contributed by atoms with van der Waals surface area (Å²) in [4.78, 5) is 22.4. The second-order valence-corrected chi connectivity index (χ2v) is 6.40. The normalized spacial score (nSPS) is 20.1. The Morgan fingerprint density at radius 1 is 1.64 bits per heavy atom. The Morgan fingerprint density at radius 3 is 3.18 bits per heavy atom. The molecule has 0 spiro atoms. The van der Waals surface area contributed by atoms with Crippen molar-refractivity contribution in [3.05, 3.63) is 17.5 Å². The lowest BCUT2D eigenvalue weighted by atomic mass is 10.1. The van der Waals surface area contributed by atoms with E-state index in [4.69, 9.17) is 0 Å². The molecule has 22 heavy (non-hydrogen) atoms. The summed E-state index contributed by atoms with van der Waals surface area (Å²) in [5.41, 5.74) is 1.88. The van der Waals surface area contributed by atoms with E-state index in [0.29, 0.717) is 6.54 Å².